The molecule has 2 N–H and O–H groups in total. The van der Waals surface area contributed by atoms with Crippen LogP contribution in [0.4, 0.5) is 0 Å². The molecular formula is C19H25ClN2O. The number of halogens is 1. The third-order valence-corrected chi connectivity index (χ3v) is 6.19. The Morgan fingerprint density at radius 3 is 2.65 bits per heavy atom. The first-order valence-electron chi connectivity index (χ1n) is 8.92. The van der Waals surface area contributed by atoms with Gasteiger partial charge in [0.25, 0.3) is 0 Å². The summed E-state index contributed by atoms with van der Waals surface area (Å²) in [7, 11) is 0. The van der Waals surface area contributed by atoms with Crippen molar-refractivity contribution in [2.45, 2.75) is 62.4 Å². The van der Waals surface area contributed by atoms with Crippen molar-refractivity contribution in [2.75, 3.05) is 6.54 Å². The molecule has 1 aromatic rings. The van der Waals surface area contributed by atoms with Crippen molar-refractivity contribution in [3.63, 3.8) is 0 Å². The second kappa shape index (κ2) is 6.10. The van der Waals surface area contributed by atoms with E-state index < -0.39 is 0 Å². The molecule has 23 heavy (non-hydrogen) atoms. The molecule has 1 aliphatic carbocycles. The largest absolute Gasteiger partial charge is 0.355 e. The van der Waals surface area contributed by atoms with E-state index >= 15 is 0 Å². The molecule has 0 aromatic heterocycles. The first-order chi connectivity index (χ1) is 11.1. The van der Waals surface area contributed by atoms with Crippen LogP contribution in [0.2, 0.25) is 5.02 Å². The number of amides is 1. The Kier molecular flexibility index (Phi) is 4.10. The van der Waals surface area contributed by atoms with E-state index in [-0.39, 0.29) is 11.3 Å². The fourth-order valence-corrected chi connectivity index (χ4v) is 4.67. The lowest BCUT2D eigenvalue weighted by Gasteiger charge is -2.28. The number of nitrogens with one attached hydrogen (secondary N) is 2. The monoisotopic (exact) mass is 332 g/mol. The number of hydrogen-bond donors (Lipinski definition) is 2. The fourth-order valence-electron chi connectivity index (χ4n) is 4.48. The average Bonchev–Trinajstić information content (AvgIpc) is 3.25. The van der Waals surface area contributed by atoms with Crippen molar-refractivity contribution in [3.8, 4) is 0 Å². The van der Waals surface area contributed by atoms with Gasteiger partial charge in [-0.3, -0.25) is 4.79 Å². The van der Waals surface area contributed by atoms with Gasteiger partial charge in [-0.15, -0.1) is 0 Å². The molecule has 0 spiro atoms. The first-order valence-corrected chi connectivity index (χ1v) is 9.30. The minimum absolute atomic E-state index is 0.133. The van der Waals surface area contributed by atoms with Crippen molar-refractivity contribution in [1.29, 1.82) is 0 Å². The number of benzene rings is 1. The summed E-state index contributed by atoms with van der Waals surface area (Å²) in [4.78, 5) is 12.4. The smallest absolute Gasteiger partial charge is 0.220 e. The summed E-state index contributed by atoms with van der Waals surface area (Å²) in [6.07, 6.45) is 7.91. The molecule has 124 valence electrons. The molecule has 3 nitrogen and oxygen atoms in total. The van der Waals surface area contributed by atoms with E-state index in [1.807, 2.05) is 18.2 Å². The molecule has 2 atom stereocenters. The molecule has 1 saturated carbocycles. The summed E-state index contributed by atoms with van der Waals surface area (Å²) in [5, 5.41) is 7.62. The maximum atomic E-state index is 12.4. The number of carbonyl (C=O) groups is 1. The highest BCUT2D eigenvalue weighted by molar-refractivity contribution is 6.30. The Labute approximate surface area is 143 Å². The van der Waals surface area contributed by atoms with Gasteiger partial charge in [0.15, 0.2) is 0 Å². The standard InChI is InChI=1S/C19H25ClN2O/c20-15-3-1-2-14(11-15)19(6-7-19)12-21-18(23)10-13-8-16-4-5-17(9-13)22-16/h1-3,11,13,16-17,22H,4-10,12H2,(H,21,23). The maximum absolute atomic E-state index is 12.4. The SMILES string of the molecule is O=C(CC1CC2CCC(C1)N2)NCC1(c2cccc(Cl)c2)CC1. The second-order valence-electron chi connectivity index (χ2n) is 7.75. The van der Waals surface area contributed by atoms with Crippen LogP contribution in [0.3, 0.4) is 0 Å². The summed E-state index contributed by atoms with van der Waals surface area (Å²) in [6.45, 7) is 0.754. The zero-order valence-corrected chi connectivity index (χ0v) is 14.2. The molecule has 4 rings (SSSR count). The van der Waals surface area contributed by atoms with Gasteiger partial charge in [-0.1, -0.05) is 23.7 Å². The number of fused-ring (bicyclic) bond motifs is 2. The van der Waals surface area contributed by atoms with E-state index in [0.29, 0.717) is 24.4 Å². The Balaban J connectivity index is 1.30. The highest BCUT2D eigenvalue weighted by Gasteiger charge is 2.44. The molecule has 3 fully saturated rings. The summed E-state index contributed by atoms with van der Waals surface area (Å²) >= 11 is 6.11. The van der Waals surface area contributed by atoms with Crippen LogP contribution < -0.4 is 10.6 Å². The molecular weight excluding hydrogens is 308 g/mol. The van der Waals surface area contributed by atoms with Crippen LogP contribution in [0.15, 0.2) is 24.3 Å². The van der Waals surface area contributed by atoms with Gasteiger partial charge >= 0.3 is 0 Å². The molecule has 2 aliphatic heterocycles. The third kappa shape index (κ3) is 3.41. The van der Waals surface area contributed by atoms with Crippen LogP contribution in [-0.2, 0) is 10.2 Å². The van der Waals surface area contributed by atoms with Crippen LogP contribution in [-0.4, -0.2) is 24.5 Å². The van der Waals surface area contributed by atoms with E-state index in [4.69, 9.17) is 11.6 Å². The molecule has 2 saturated heterocycles. The van der Waals surface area contributed by atoms with E-state index in [2.05, 4.69) is 16.7 Å². The van der Waals surface area contributed by atoms with Crippen LogP contribution in [0.25, 0.3) is 0 Å². The van der Waals surface area contributed by atoms with E-state index in [0.717, 1.165) is 24.4 Å². The minimum atomic E-state index is 0.133. The molecule has 2 unspecified atom stereocenters. The summed E-state index contributed by atoms with van der Waals surface area (Å²) in [5.74, 6) is 0.791. The highest BCUT2D eigenvalue weighted by atomic mass is 35.5. The molecule has 2 bridgehead atoms. The van der Waals surface area contributed by atoms with Crippen LogP contribution in [0, 0.1) is 5.92 Å². The lowest BCUT2D eigenvalue weighted by molar-refractivity contribution is -0.122. The van der Waals surface area contributed by atoms with E-state index in [1.165, 1.54) is 31.2 Å². The fraction of sp³-hybridized carbons (Fsp3) is 0.632. The van der Waals surface area contributed by atoms with Crippen molar-refractivity contribution in [1.82, 2.24) is 10.6 Å². The zero-order chi connectivity index (χ0) is 15.9. The Morgan fingerprint density at radius 1 is 1.26 bits per heavy atom. The molecule has 2 heterocycles. The van der Waals surface area contributed by atoms with Gasteiger partial charge in [-0.2, -0.15) is 0 Å². The molecule has 3 aliphatic rings. The number of rotatable bonds is 5. The molecule has 1 amide bonds. The van der Waals surface area contributed by atoms with Gasteiger partial charge in [0.05, 0.1) is 0 Å². The van der Waals surface area contributed by atoms with Gasteiger partial charge in [0.1, 0.15) is 0 Å². The molecule has 0 radical (unpaired) electrons. The average molecular weight is 333 g/mol. The first kappa shape index (κ1) is 15.5. The van der Waals surface area contributed by atoms with E-state index in [9.17, 15) is 4.79 Å². The maximum Gasteiger partial charge on any atom is 0.220 e. The Morgan fingerprint density at radius 2 is 2.00 bits per heavy atom. The minimum Gasteiger partial charge on any atom is -0.355 e. The third-order valence-electron chi connectivity index (χ3n) is 5.96. The van der Waals surface area contributed by atoms with Gasteiger partial charge in [0, 0.05) is 35.5 Å². The van der Waals surface area contributed by atoms with E-state index in [1.54, 1.807) is 0 Å². The van der Waals surface area contributed by atoms with Gasteiger partial charge in [0.2, 0.25) is 5.91 Å². The number of hydrogen-bond acceptors (Lipinski definition) is 2. The van der Waals surface area contributed by atoms with Crippen LogP contribution in [0.5, 0.6) is 0 Å². The lowest BCUT2D eigenvalue weighted by atomic mass is 9.89. The summed E-state index contributed by atoms with van der Waals surface area (Å²) < 4.78 is 0. The predicted octanol–water partition coefficient (Wildman–Crippen LogP) is 3.41. The quantitative estimate of drug-likeness (QED) is 0.867. The lowest BCUT2D eigenvalue weighted by Crippen LogP contribution is -2.40. The zero-order valence-electron chi connectivity index (χ0n) is 13.5. The van der Waals surface area contributed by atoms with Gasteiger partial charge in [-0.25, -0.2) is 0 Å². The molecule has 1 aromatic carbocycles. The summed E-state index contributed by atoms with van der Waals surface area (Å²) in [6, 6.07) is 9.41. The topological polar surface area (TPSA) is 41.1 Å². The predicted molar refractivity (Wildman–Crippen MR) is 92.7 cm³/mol. The van der Waals surface area contributed by atoms with Gasteiger partial charge in [-0.05, 0) is 62.1 Å². The van der Waals surface area contributed by atoms with Crippen LogP contribution in [0.1, 0.15) is 50.5 Å². The highest BCUT2D eigenvalue weighted by Crippen LogP contribution is 2.48. The normalized spacial score (nSPS) is 30.9. The summed E-state index contributed by atoms with van der Waals surface area (Å²) in [5.41, 5.74) is 1.40. The van der Waals surface area contributed by atoms with Crippen molar-refractivity contribution in [2.24, 2.45) is 5.92 Å². The van der Waals surface area contributed by atoms with Crippen LogP contribution >= 0.6 is 11.6 Å². The van der Waals surface area contributed by atoms with Crippen molar-refractivity contribution < 1.29 is 4.79 Å². The Bertz CT molecular complexity index is 587. The molecule has 4 heteroatoms. The number of piperidine rings is 1. The number of carbonyl (C=O) groups excluding carboxylic acids is 1. The van der Waals surface area contributed by atoms with Crippen molar-refractivity contribution >= 4 is 17.5 Å². The Hall–Kier alpha value is -1.06. The second-order valence-corrected chi connectivity index (χ2v) is 8.18. The van der Waals surface area contributed by atoms with Gasteiger partial charge < -0.3 is 10.6 Å². The van der Waals surface area contributed by atoms with Crippen molar-refractivity contribution in [3.05, 3.63) is 34.9 Å².